The molecule has 0 saturated heterocycles. The van der Waals surface area contributed by atoms with E-state index in [-0.39, 0.29) is 41.1 Å². The summed E-state index contributed by atoms with van der Waals surface area (Å²) in [5.74, 6) is -0.741. The van der Waals surface area contributed by atoms with E-state index < -0.39 is 10.0 Å². The number of benzene rings is 3. The van der Waals surface area contributed by atoms with Gasteiger partial charge in [-0.3, -0.25) is 4.79 Å². The number of rotatable bonds is 7. The summed E-state index contributed by atoms with van der Waals surface area (Å²) in [5, 5.41) is 8.39. The van der Waals surface area contributed by atoms with E-state index in [2.05, 4.69) is 5.32 Å². The summed E-state index contributed by atoms with van der Waals surface area (Å²) in [4.78, 5) is 12.0. The molecule has 1 amide bonds. The predicted octanol–water partition coefficient (Wildman–Crippen LogP) is 3.89. The summed E-state index contributed by atoms with van der Waals surface area (Å²) in [6.45, 7) is 0.0149. The predicted molar refractivity (Wildman–Crippen MR) is 112 cm³/mol. The summed E-state index contributed by atoms with van der Waals surface area (Å²) < 4.78 is 42.6. The van der Waals surface area contributed by atoms with Crippen LogP contribution in [0.15, 0.2) is 71.6 Å². The highest BCUT2D eigenvalue weighted by Gasteiger charge is 2.17. The second kappa shape index (κ2) is 9.25. The molecule has 0 heterocycles. The van der Waals surface area contributed by atoms with Gasteiger partial charge in [-0.25, -0.2) is 17.9 Å². The van der Waals surface area contributed by atoms with Gasteiger partial charge in [0.25, 0.3) is 0 Å². The first kappa shape index (κ1) is 21.8. The van der Waals surface area contributed by atoms with Crippen molar-refractivity contribution in [3.8, 4) is 5.75 Å². The van der Waals surface area contributed by atoms with Crippen LogP contribution in [0.1, 0.15) is 11.1 Å². The monoisotopic (exact) mass is 448 g/mol. The quantitative estimate of drug-likeness (QED) is 0.572. The molecular formula is C21H18ClFN2O4S. The molecule has 0 aliphatic rings. The number of nitrogens with one attached hydrogen (secondary N) is 1. The third-order valence-corrected chi connectivity index (χ3v) is 5.45. The van der Waals surface area contributed by atoms with Crippen molar-refractivity contribution < 1.29 is 22.3 Å². The van der Waals surface area contributed by atoms with Gasteiger partial charge in [0, 0.05) is 10.7 Å². The fraction of sp³-hybridized carbons (Fsp3) is 0.0952. The molecule has 0 aliphatic heterocycles. The standard InChI is InChI=1S/C21H18ClFN2O4S/c22-18-4-2-1-3-15(18)11-21(26)25-17-9-10-19(20(12-17)30(24,27)28)29-13-14-5-7-16(23)8-6-14/h1-10,12H,11,13H2,(H,25,26)(H2,24,27,28). The van der Waals surface area contributed by atoms with Gasteiger partial charge >= 0.3 is 0 Å². The van der Waals surface area contributed by atoms with E-state index in [1.165, 1.54) is 42.5 Å². The van der Waals surface area contributed by atoms with Crippen LogP contribution in [-0.2, 0) is 27.8 Å². The maximum Gasteiger partial charge on any atom is 0.241 e. The van der Waals surface area contributed by atoms with Crippen molar-refractivity contribution in [1.82, 2.24) is 0 Å². The molecule has 0 aromatic heterocycles. The Balaban J connectivity index is 1.76. The molecule has 0 saturated carbocycles. The molecule has 156 valence electrons. The number of hydrogen-bond acceptors (Lipinski definition) is 4. The molecule has 0 fully saturated rings. The van der Waals surface area contributed by atoms with Crippen molar-refractivity contribution in [2.24, 2.45) is 5.14 Å². The van der Waals surface area contributed by atoms with Gasteiger partial charge in [-0.15, -0.1) is 0 Å². The Bertz CT molecular complexity index is 1170. The summed E-state index contributed by atoms with van der Waals surface area (Å²) in [6, 6.07) is 16.6. The average Bonchev–Trinajstić information content (AvgIpc) is 2.69. The largest absolute Gasteiger partial charge is 0.487 e. The number of hydrogen-bond donors (Lipinski definition) is 2. The van der Waals surface area contributed by atoms with Crippen LogP contribution in [0.4, 0.5) is 10.1 Å². The molecule has 30 heavy (non-hydrogen) atoms. The number of carbonyl (C=O) groups excluding carboxylic acids is 1. The van der Waals surface area contributed by atoms with Gasteiger partial charge in [-0.1, -0.05) is 41.9 Å². The highest BCUT2D eigenvalue weighted by atomic mass is 35.5. The van der Waals surface area contributed by atoms with Crippen molar-refractivity contribution >= 4 is 33.2 Å². The SMILES string of the molecule is NS(=O)(=O)c1cc(NC(=O)Cc2ccccc2Cl)ccc1OCc1ccc(F)cc1. The second-order valence-electron chi connectivity index (χ2n) is 6.44. The first-order chi connectivity index (χ1) is 14.2. The van der Waals surface area contributed by atoms with Crippen molar-refractivity contribution in [3.63, 3.8) is 0 Å². The molecule has 0 bridgehead atoms. The Hall–Kier alpha value is -2.94. The van der Waals surface area contributed by atoms with E-state index in [1.807, 2.05) is 0 Å². The third-order valence-electron chi connectivity index (χ3n) is 4.15. The number of anilines is 1. The second-order valence-corrected chi connectivity index (χ2v) is 8.38. The molecule has 0 aliphatic carbocycles. The lowest BCUT2D eigenvalue weighted by Crippen LogP contribution is -2.17. The molecule has 3 N–H and O–H groups in total. The lowest BCUT2D eigenvalue weighted by Gasteiger charge is -2.13. The molecule has 0 spiro atoms. The summed E-state index contributed by atoms with van der Waals surface area (Å²) in [6.07, 6.45) is 0.0210. The zero-order valence-electron chi connectivity index (χ0n) is 15.6. The van der Waals surface area contributed by atoms with Crippen LogP contribution in [0.2, 0.25) is 5.02 Å². The van der Waals surface area contributed by atoms with Gasteiger partial charge in [0.05, 0.1) is 6.42 Å². The van der Waals surface area contributed by atoms with Crippen LogP contribution >= 0.6 is 11.6 Å². The van der Waals surface area contributed by atoms with Gasteiger partial charge in [0.2, 0.25) is 15.9 Å². The van der Waals surface area contributed by atoms with E-state index in [0.29, 0.717) is 16.1 Å². The number of sulfonamides is 1. The number of ether oxygens (including phenoxy) is 1. The first-order valence-electron chi connectivity index (χ1n) is 8.80. The topological polar surface area (TPSA) is 98.5 Å². The summed E-state index contributed by atoms with van der Waals surface area (Å²) in [7, 11) is -4.13. The van der Waals surface area contributed by atoms with Crippen LogP contribution in [0.25, 0.3) is 0 Å². The van der Waals surface area contributed by atoms with E-state index in [9.17, 15) is 17.6 Å². The molecule has 0 atom stereocenters. The van der Waals surface area contributed by atoms with Crippen molar-refractivity contribution in [3.05, 3.63) is 88.7 Å². The van der Waals surface area contributed by atoms with Crippen LogP contribution in [0, 0.1) is 5.82 Å². The smallest absolute Gasteiger partial charge is 0.241 e. The molecule has 3 aromatic carbocycles. The van der Waals surface area contributed by atoms with Crippen LogP contribution in [0.5, 0.6) is 5.75 Å². The van der Waals surface area contributed by atoms with Crippen molar-refractivity contribution in [2.75, 3.05) is 5.32 Å². The minimum Gasteiger partial charge on any atom is -0.487 e. The zero-order valence-corrected chi connectivity index (χ0v) is 17.2. The van der Waals surface area contributed by atoms with E-state index in [4.69, 9.17) is 21.5 Å². The number of nitrogens with two attached hydrogens (primary N) is 1. The Labute approximate surface area is 178 Å². The molecule has 9 heteroatoms. The fourth-order valence-electron chi connectivity index (χ4n) is 2.69. The van der Waals surface area contributed by atoms with E-state index >= 15 is 0 Å². The first-order valence-corrected chi connectivity index (χ1v) is 10.7. The lowest BCUT2D eigenvalue weighted by molar-refractivity contribution is -0.115. The van der Waals surface area contributed by atoms with Crippen LogP contribution < -0.4 is 15.2 Å². The van der Waals surface area contributed by atoms with Gasteiger partial charge in [0.15, 0.2) is 0 Å². The van der Waals surface area contributed by atoms with Crippen LogP contribution in [0.3, 0.4) is 0 Å². The molecular weight excluding hydrogens is 431 g/mol. The van der Waals surface area contributed by atoms with Gasteiger partial charge in [0.1, 0.15) is 23.1 Å². The maximum atomic E-state index is 13.0. The molecule has 3 rings (SSSR count). The molecule has 3 aromatic rings. The Morgan fingerprint density at radius 1 is 1.07 bits per heavy atom. The lowest BCUT2D eigenvalue weighted by atomic mass is 10.1. The fourth-order valence-corrected chi connectivity index (χ4v) is 3.59. The Morgan fingerprint density at radius 3 is 2.43 bits per heavy atom. The van der Waals surface area contributed by atoms with Crippen LogP contribution in [-0.4, -0.2) is 14.3 Å². The third kappa shape index (κ3) is 5.79. The number of carbonyl (C=O) groups is 1. The van der Waals surface area contributed by atoms with Gasteiger partial charge in [-0.2, -0.15) is 0 Å². The highest BCUT2D eigenvalue weighted by Crippen LogP contribution is 2.27. The van der Waals surface area contributed by atoms with Gasteiger partial charge in [-0.05, 0) is 47.5 Å². The number of primary sulfonamides is 1. The minimum absolute atomic E-state index is 0.0149. The minimum atomic E-state index is -4.13. The number of halogens is 2. The molecule has 6 nitrogen and oxygen atoms in total. The maximum absolute atomic E-state index is 13.0. The molecule has 0 radical (unpaired) electrons. The Kier molecular flexibility index (Phi) is 6.71. The number of amides is 1. The Morgan fingerprint density at radius 2 is 1.77 bits per heavy atom. The zero-order chi connectivity index (χ0) is 21.7. The van der Waals surface area contributed by atoms with Crippen molar-refractivity contribution in [2.45, 2.75) is 17.9 Å². The summed E-state index contributed by atoms with van der Waals surface area (Å²) >= 11 is 6.06. The van der Waals surface area contributed by atoms with Crippen molar-refractivity contribution in [1.29, 1.82) is 0 Å². The molecule has 0 unspecified atom stereocenters. The average molecular weight is 449 g/mol. The van der Waals surface area contributed by atoms with E-state index in [1.54, 1.807) is 24.3 Å². The van der Waals surface area contributed by atoms with Gasteiger partial charge < -0.3 is 10.1 Å². The highest BCUT2D eigenvalue weighted by molar-refractivity contribution is 7.89. The normalized spacial score (nSPS) is 11.2. The summed E-state index contributed by atoms with van der Waals surface area (Å²) in [5.41, 5.74) is 1.53. The van der Waals surface area contributed by atoms with E-state index in [0.717, 1.165) is 0 Å².